The van der Waals surface area contributed by atoms with E-state index in [1.165, 1.54) is 22.2 Å². The van der Waals surface area contributed by atoms with Crippen LogP contribution in [-0.2, 0) is 23.5 Å². The van der Waals surface area contributed by atoms with E-state index >= 15 is 0 Å². The number of hydrogen-bond donors (Lipinski definition) is 0. The van der Waals surface area contributed by atoms with E-state index in [-0.39, 0.29) is 16.2 Å². The van der Waals surface area contributed by atoms with Gasteiger partial charge >= 0.3 is 0 Å². The van der Waals surface area contributed by atoms with Gasteiger partial charge in [0.25, 0.3) is 5.69 Å². The molecule has 0 fully saturated rings. The van der Waals surface area contributed by atoms with Crippen molar-refractivity contribution in [3.05, 3.63) is 50.4 Å². The number of benzene rings is 1. The lowest BCUT2D eigenvalue weighted by Crippen LogP contribution is -2.33. The van der Waals surface area contributed by atoms with Crippen LogP contribution in [0.4, 0.5) is 5.69 Å². The van der Waals surface area contributed by atoms with Crippen molar-refractivity contribution < 1.29 is 9.66 Å². The fourth-order valence-corrected chi connectivity index (χ4v) is 5.97. The highest BCUT2D eigenvalue weighted by atomic mass is 32.2. The van der Waals surface area contributed by atoms with Gasteiger partial charge in [-0.3, -0.25) is 10.1 Å². The minimum absolute atomic E-state index is 0.110. The maximum atomic E-state index is 10.9. The Morgan fingerprint density at radius 3 is 2.72 bits per heavy atom. The van der Waals surface area contributed by atoms with Crippen LogP contribution in [0.25, 0.3) is 10.2 Å². The average Bonchev–Trinajstić information content (AvgIpc) is 3.09. The first kappa shape index (κ1) is 20.6. The van der Waals surface area contributed by atoms with Gasteiger partial charge in [0.1, 0.15) is 9.86 Å². The summed E-state index contributed by atoms with van der Waals surface area (Å²) < 4.78 is 6.12. The molecule has 0 radical (unpaired) electrons. The predicted molar refractivity (Wildman–Crippen MR) is 119 cm³/mol. The van der Waals surface area contributed by atoms with E-state index in [9.17, 15) is 10.1 Å². The SMILES string of the molecule is CCC1(C)Cc2c(sc3nc(SC)nc(SCc4ccc([N+](=O)[O-])cc4)c23)CO1. The Hall–Kier alpha value is -1.68. The molecule has 0 saturated carbocycles. The smallest absolute Gasteiger partial charge is 0.269 e. The Labute approximate surface area is 181 Å². The van der Waals surface area contributed by atoms with E-state index in [4.69, 9.17) is 14.7 Å². The molecule has 1 aromatic carbocycles. The third-order valence-corrected chi connectivity index (χ3v) is 7.93. The summed E-state index contributed by atoms with van der Waals surface area (Å²) in [5.41, 5.74) is 2.31. The van der Waals surface area contributed by atoms with Gasteiger partial charge < -0.3 is 4.74 Å². The summed E-state index contributed by atoms with van der Waals surface area (Å²) in [4.78, 5) is 22.3. The first-order valence-electron chi connectivity index (χ1n) is 9.29. The highest BCUT2D eigenvalue weighted by Crippen LogP contribution is 2.43. The van der Waals surface area contributed by atoms with Crippen LogP contribution in [0.3, 0.4) is 0 Å². The van der Waals surface area contributed by atoms with Crippen molar-refractivity contribution in [1.82, 2.24) is 9.97 Å². The molecule has 6 nitrogen and oxygen atoms in total. The summed E-state index contributed by atoms with van der Waals surface area (Å²) in [6.45, 7) is 4.95. The zero-order chi connectivity index (χ0) is 20.6. The Bertz CT molecular complexity index is 1070. The molecule has 152 valence electrons. The van der Waals surface area contributed by atoms with Gasteiger partial charge in [-0.15, -0.1) is 23.1 Å². The Morgan fingerprint density at radius 1 is 1.31 bits per heavy atom. The number of thioether (sulfide) groups is 2. The van der Waals surface area contributed by atoms with Crippen LogP contribution < -0.4 is 0 Å². The van der Waals surface area contributed by atoms with E-state index in [0.29, 0.717) is 12.4 Å². The van der Waals surface area contributed by atoms with Gasteiger partial charge in [-0.05, 0) is 30.7 Å². The van der Waals surface area contributed by atoms with Crippen LogP contribution in [0.15, 0.2) is 34.4 Å². The fourth-order valence-electron chi connectivity index (χ4n) is 3.31. The maximum absolute atomic E-state index is 10.9. The molecule has 0 bridgehead atoms. The zero-order valence-electron chi connectivity index (χ0n) is 16.4. The van der Waals surface area contributed by atoms with Crippen molar-refractivity contribution in [3.63, 3.8) is 0 Å². The second-order valence-electron chi connectivity index (χ2n) is 7.18. The average molecular weight is 448 g/mol. The zero-order valence-corrected chi connectivity index (χ0v) is 18.9. The van der Waals surface area contributed by atoms with Crippen LogP contribution in [0.1, 0.15) is 36.3 Å². The van der Waals surface area contributed by atoms with Crippen LogP contribution in [0.2, 0.25) is 0 Å². The summed E-state index contributed by atoms with van der Waals surface area (Å²) >= 11 is 4.91. The number of rotatable bonds is 6. The summed E-state index contributed by atoms with van der Waals surface area (Å²) in [5.74, 6) is 0.699. The number of thiophene rings is 1. The van der Waals surface area contributed by atoms with Gasteiger partial charge in [0.05, 0.1) is 17.1 Å². The molecule has 0 N–H and O–H groups in total. The molecule has 0 spiro atoms. The molecule has 2 aromatic heterocycles. The lowest BCUT2D eigenvalue weighted by molar-refractivity contribution is -0.384. The summed E-state index contributed by atoms with van der Waals surface area (Å²) in [6, 6.07) is 6.72. The molecule has 3 heterocycles. The molecular formula is C20H21N3O3S3. The molecule has 0 amide bonds. The fraction of sp³-hybridized carbons (Fsp3) is 0.400. The van der Waals surface area contributed by atoms with E-state index < -0.39 is 0 Å². The number of fused-ring (bicyclic) bond motifs is 3. The Morgan fingerprint density at radius 2 is 2.07 bits per heavy atom. The summed E-state index contributed by atoms with van der Waals surface area (Å²) in [6.07, 6.45) is 3.81. The van der Waals surface area contributed by atoms with Crippen molar-refractivity contribution in [3.8, 4) is 0 Å². The molecule has 9 heteroatoms. The van der Waals surface area contributed by atoms with Crippen LogP contribution >= 0.6 is 34.9 Å². The normalized spacial score (nSPS) is 18.7. The minimum Gasteiger partial charge on any atom is -0.369 e. The van der Waals surface area contributed by atoms with Crippen LogP contribution in [0.5, 0.6) is 0 Å². The predicted octanol–water partition coefficient (Wildman–Crippen LogP) is 5.86. The van der Waals surface area contributed by atoms with E-state index in [1.807, 2.05) is 18.4 Å². The second-order valence-corrected chi connectivity index (χ2v) is 10.0. The number of aromatic nitrogens is 2. The van der Waals surface area contributed by atoms with E-state index in [2.05, 4.69) is 13.8 Å². The molecule has 4 rings (SSSR count). The number of hydrogen-bond acceptors (Lipinski definition) is 8. The Kier molecular flexibility index (Phi) is 5.83. The quantitative estimate of drug-likeness (QED) is 0.154. The van der Waals surface area contributed by atoms with E-state index in [1.54, 1.807) is 35.2 Å². The largest absolute Gasteiger partial charge is 0.369 e. The minimum atomic E-state index is -0.375. The van der Waals surface area contributed by atoms with Gasteiger partial charge in [0.15, 0.2) is 5.16 Å². The van der Waals surface area contributed by atoms with Gasteiger partial charge in [0, 0.05) is 34.6 Å². The van der Waals surface area contributed by atoms with Gasteiger partial charge in [-0.2, -0.15) is 0 Å². The van der Waals surface area contributed by atoms with Crippen molar-refractivity contribution in [2.75, 3.05) is 6.26 Å². The third-order valence-electron chi connectivity index (χ3n) is 5.24. The monoisotopic (exact) mass is 447 g/mol. The standard InChI is InChI=1S/C20H21N3O3S3/c1-4-20(2)9-14-15(10-26-20)29-18-16(14)17(21-19(22-18)27-3)28-11-12-5-7-13(8-6-12)23(24)25/h5-8H,4,9-11H2,1-3H3. The molecule has 1 atom stereocenters. The first-order chi connectivity index (χ1) is 13.9. The van der Waals surface area contributed by atoms with Crippen LogP contribution in [0, 0.1) is 10.1 Å². The molecule has 1 aliphatic rings. The first-order valence-corrected chi connectivity index (χ1v) is 12.3. The second kappa shape index (κ2) is 8.22. The molecule has 3 aromatic rings. The maximum Gasteiger partial charge on any atom is 0.269 e. The molecule has 0 saturated heterocycles. The van der Waals surface area contributed by atoms with Gasteiger partial charge in [-0.1, -0.05) is 30.8 Å². The van der Waals surface area contributed by atoms with Crippen molar-refractivity contribution >= 4 is 50.8 Å². The van der Waals surface area contributed by atoms with E-state index in [0.717, 1.165) is 38.8 Å². The number of nitro benzene ring substituents is 1. The molecular weight excluding hydrogens is 426 g/mol. The summed E-state index contributed by atoms with van der Waals surface area (Å²) in [5, 5.41) is 13.8. The summed E-state index contributed by atoms with van der Waals surface area (Å²) in [7, 11) is 0. The molecule has 0 aliphatic carbocycles. The number of non-ortho nitro benzene ring substituents is 1. The van der Waals surface area contributed by atoms with Crippen molar-refractivity contribution in [1.29, 1.82) is 0 Å². The van der Waals surface area contributed by atoms with Crippen molar-refractivity contribution in [2.24, 2.45) is 0 Å². The molecule has 29 heavy (non-hydrogen) atoms. The highest BCUT2D eigenvalue weighted by Gasteiger charge is 2.33. The number of ether oxygens (including phenoxy) is 1. The lowest BCUT2D eigenvalue weighted by Gasteiger charge is -2.33. The third kappa shape index (κ3) is 4.14. The van der Waals surface area contributed by atoms with Gasteiger partial charge in [-0.25, -0.2) is 9.97 Å². The molecule has 1 unspecified atom stereocenters. The lowest BCUT2D eigenvalue weighted by atomic mass is 9.90. The number of nitrogens with zero attached hydrogens (tertiary/aromatic N) is 3. The topological polar surface area (TPSA) is 78.2 Å². The Balaban J connectivity index is 1.69. The van der Waals surface area contributed by atoms with Crippen molar-refractivity contribution in [2.45, 2.75) is 54.8 Å². The van der Waals surface area contributed by atoms with Gasteiger partial charge in [0.2, 0.25) is 0 Å². The number of nitro groups is 1. The molecule has 1 aliphatic heterocycles. The van der Waals surface area contributed by atoms with Crippen LogP contribution in [-0.4, -0.2) is 26.7 Å². The highest BCUT2D eigenvalue weighted by molar-refractivity contribution is 7.99.